The van der Waals surface area contributed by atoms with Gasteiger partial charge in [0.15, 0.2) is 5.16 Å². The van der Waals surface area contributed by atoms with Gasteiger partial charge in [-0.2, -0.15) is 17.0 Å². The van der Waals surface area contributed by atoms with Crippen LogP contribution in [0.3, 0.4) is 0 Å². The van der Waals surface area contributed by atoms with E-state index in [-0.39, 0.29) is 11.8 Å². The molecule has 21 heavy (non-hydrogen) atoms. The van der Waals surface area contributed by atoms with Crippen molar-refractivity contribution in [3.8, 4) is 6.07 Å². The van der Waals surface area contributed by atoms with Crippen LogP contribution in [0, 0.1) is 11.3 Å². The topological polar surface area (TPSA) is 78.9 Å². The van der Waals surface area contributed by atoms with E-state index in [0.717, 1.165) is 11.3 Å². The second-order valence-electron chi connectivity index (χ2n) is 4.54. The number of para-hydroxylation sites is 1. The van der Waals surface area contributed by atoms with E-state index in [1.54, 1.807) is 17.8 Å². The Hall–Kier alpha value is -1.65. The molecule has 0 saturated carbocycles. The number of rotatable bonds is 6. The summed E-state index contributed by atoms with van der Waals surface area (Å²) in [6, 6.07) is 7.79. The summed E-state index contributed by atoms with van der Waals surface area (Å²) in [7, 11) is 0. The fourth-order valence-electron chi connectivity index (χ4n) is 2.16. The number of aromatic nitrogens is 2. The van der Waals surface area contributed by atoms with Crippen LogP contribution in [-0.2, 0) is 4.79 Å². The first-order valence-corrected chi connectivity index (χ1v) is 8.71. The van der Waals surface area contributed by atoms with Gasteiger partial charge in [-0.1, -0.05) is 17.8 Å². The van der Waals surface area contributed by atoms with Gasteiger partial charge in [-0.15, -0.1) is 0 Å². The van der Waals surface area contributed by atoms with Gasteiger partial charge in [-0.3, -0.25) is 4.79 Å². The van der Waals surface area contributed by atoms with Gasteiger partial charge >= 0.3 is 5.97 Å². The number of benzene rings is 1. The van der Waals surface area contributed by atoms with Gasteiger partial charge < -0.3 is 9.67 Å². The predicted molar refractivity (Wildman–Crippen MR) is 85.9 cm³/mol. The highest BCUT2D eigenvalue weighted by molar-refractivity contribution is 7.99. The molecule has 0 saturated heterocycles. The minimum atomic E-state index is -0.878. The molecule has 0 amide bonds. The lowest BCUT2D eigenvalue weighted by Crippen LogP contribution is -2.10. The molecule has 0 aliphatic rings. The van der Waals surface area contributed by atoms with Gasteiger partial charge in [0.2, 0.25) is 0 Å². The number of carboxylic acids is 1. The molecule has 2 rings (SSSR count). The maximum Gasteiger partial charge on any atom is 0.313 e. The Morgan fingerprint density at radius 3 is 2.95 bits per heavy atom. The molecular formula is C14H15N3O2S2. The summed E-state index contributed by atoms with van der Waals surface area (Å²) in [5, 5.41) is 18.7. The molecule has 7 heteroatoms. The summed E-state index contributed by atoms with van der Waals surface area (Å²) >= 11 is 2.91. The Kier molecular flexibility index (Phi) is 5.15. The molecule has 110 valence electrons. The van der Waals surface area contributed by atoms with Crippen LogP contribution in [0.2, 0.25) is 0 Å². The van der Waals surface area contributed by atoms with Crippen molar-refractivity contribution in [2.24, 2.45) is 0 Å². The molecule has 2 aromatic rings. The lowest BCUT2D eigenvalue weighted by molar-refractivity contribution is -0.133. The van der Waals surface area contributed by atoms with E-state index in [0.29, 0.717) is 16.2 Å². The SMILES string of the molecule is CSCC(C)n1c(SCC(=O)O)nc2c(C#N)cccc21. The van der Waals surface area contributed by atoms with Crippen LogP contribution in [0.1, 0.15) is 18.5 Å². The zero-order chi connectivity index (χ0) is 15.4. The van der Waals surface area contributed by atoms with Crippen molar-refractivity contribution < 1.29 is 9.90 Å². The molecule has 5 nitrogen and oxygen atoms in total. The van der Waals surface area contributed by atoms with Crippen LogP contribution in [0.5, 0.6) is 0 Å². The van der Waals surface area contributed by atoms with Gasteiger partial charge in [-0.05, 0) is 25.3 Å². The monoisotopic (exact) mass is 321 g/mol. The van der Waals surface area contributed by atoms with Gasteiger partial charge in [-0.25, -0.2) is 4.98 Å². The highest BCUT2D eigenvalue weighted by Crippen LogP contribution is 2.30. The van der Waals surface area contributed by atoms with Gasteiger partial charge in [0.25, 0.3) is 0 Å². The van der Waals surface area contributed by atoms with Crippen LogP contribution in [-0.4, -0.2) is 38.4 Å². The van der Waals surface area contributed by atoms with Crippen LogP contribution < -0.4 is 0 Å². The fraction of sp³-hybridized carbons (Fsp3) is 0.357. The van der Waals surface area contributed by atoms with Crippen molar-refractivity contribution >= 4 is 40.5 Å². The quantitative estimate of drug-likeness (QED) is 0.824. The van der Waals surface area contributed by atoms with Crippen LogP contribution >= 0.6 is 23.5 Å². The van der Waals surface area contributed by atoms with Crippen molar-refractivity contribution in [1.82, 2.24) is 9.55 Å². The maximum atomic E-state index is 10.8. The Bertz CT molecular complexity index is 706. The number of nitriles is 1. The molecule has 0 aliphatic heterocycles. The smallest absolute Gasteiger partial charge is 0.313 e. The maximum absolute atomic E-state index is 10.8. The van der Waals surface area contributed by atoms with Gasteiger partial charge in [0, 0.05) is 11.8 Å². The average molecular weight is 321 g/mol. The largest absolute Gasteiger partial charge is 0.481 e. The first-order valence-electron chi connectivity index (χ1n) is 6.33. The molecule has 1 aromatic carbocycles. The van der Waals surface area contributed by atoms with Crippen molar-refractivity contribution in [2.75, 3.05) is 17.8 Å². The number of nitrogens with zero attached hydrogens (tertiary/aromatic N) is 3. The number of imidazole rings is 1. The fourth-order valence-corrected chi connectivity index (χ4v) is 3.61. The lowest BCUT2D eigenvalue weighted by atomic mass is 10.2. The lowest BCUT2D eigenvalue weighted by Gasteiger charge is -2.16. The molecule has 1 heterocycles. The summed E-state index contributed by atoms with van der Waals surface area (Å²) in [5.74, 6) is -0.0308. The van der Waals surface area contributed by atoms with Gasteiger partial charge in [0.1, 0.15) is 11.6 Å². The van der Waals surface area contributed by atoms with Crippen molar-refractivity contribution in [1.29, 1.82) is 5.26 Å². The molecule has 0 bridgehead atoms. The van der Waals surface area contributed by atoms with Crippen LogP contribution in [0.25, 0.3) is 11.0 Å². The number of carboxylic acid groups (broad SMARTS) is 1. The summed E-state index contributed by atoms with van der Waals surface area (Å²) in [6.07, 6.45) is 2.03. The number of hydrogen-bond donors (Lipinski definition) is 1. The third-order valence-corrected chi connectivity index (χ3v) is 4.73. The third-order valence-electron chi connectivity index (χ3n) is 2.98. The van der Waals surface area contributed by atoms with E-state index < -0.39 is 5.97 Å². The number of fused-ring (bicyclic) bond motifs is 1. The molecule has 1 aromatic heterocycles. The molecule has 1 unspecified atom stereocenters. The highest BCUT2D eigenvalue weighted by Gasteiger charge is 2.18. The third kappa shape index (κ3) is 3.34. The number of hydrogen-bond acceptors (Lipinski definition) is 5. The minimum absolute atomic E-state index is 0.0444. The first-order chi connectivity index (χ1) is 10.1. The molecule has 0 radical (unpaired) electrons. The summed E-state index contributed by atoms with van der Waals surface area (Å²) < 4.78 is 2.03. The average Bonchev–Trinajstić information content (AvgIpc) is 2.83. The zero-order valence-corrected chi connectivity index (χ0v) is 13.4. The highest BCUT2D eigenvalue weighted by atomic mass is 32.2. The number of aliphatic carboxylic acids is 1. The van der Waals surface area contributed by atoms with Gasteiger partial charge in [0.05, 0.1) is 16.8 Å². The first kappa shape index (κ1) is 15.7. The molecule has 1 N–H and O–H groups in total. The summed E-state index contributed by atoms with van der Waals surface area (Å²) in [6.45, 7) is 2.07. The Morgan fingerprint density at radius 1 is 1.57 bits per heavy atom. The van der Waals surface area contributed by atoms with E-state index in [9.17, 15) is 10.1 Å². The van der Waals surface area contributed by atoms with Crippen molar-refractivity contribution in [3.63, 3.8) is 0 Å². The van der Waals surface area contributed by atoms with Crippen molar-refractivity contribution in [2.45, 2.75) is 18.1 Å². The number of thioether (sulfide) groups is 2. The predicted octanol–water partition coefficient (Wildman–Crippen LogP) is 3.01. The Labute approximate surface area is 131 Å². The molecule has 0 aliphatic carbocycles. The standard InChI is InChI=1S/C14H15N3O2S2/c1-9(7-20-2)17-11-5-3-4-10(6-15)13(11)16-14(17)21-8-12(18)19/h3-5,9H,7-8H2,1-2H3,(H,18,19). The normalized spacial score (nSPS) is 12.2. The molecule has 1 atom stereocenters. The van der Waals surface area contributed by atoms with E-state index in [1.165, 1.54) is 11.8 Å². The molecule has 0 spiro atoms. The van der Waals surface area contributed by atoms with E-state index in [1.807, 2.05) is 23.0 Å². The van der Waals surface area contributed by atoms with Crippen LogP contribution in [0.15, 0.2) is 23.4 Å². The zero-order valence-electron chi connectivity index (χ0n) is 11.7. The van der Waals surface area contributed by atoms with Crippen molar-refractivity contribution in [3.05, 3.63) is 23.8 Å². The Morgan fingerprint density at radius 2 is 2.33 bits per heavy atom. The van der Waals surface area contributed by atoms with Crippen LogP contribution in [0.4, 0.5) is 0 Å². The minimum Gasteiger partial charge on any atom is -0.481 e. The number of carbonyl (C=O) groups is 1. The Balaban J connectivity index is 2.56. The van der Waals surface area contributed by atoms with E-state index in [2.05, 4.69) is 18.0 Å². The second-order valence-corrected chi connectivity index (χ2v) is 6.39. The van der Waals surface area contributed by atoms with E-state index in [4.69, 9.17) is 5.11 Å². The second kappa shape index (κ2) is 6.87. The summed E-state index contributed by atoms with van der Waals surface area (Å²) in [4.78, 5) is 15.3. The molecular weight excluding hydrogens is 306 g/mol. The summed E-state index contributed by atoms with van der Waals surface area (Å²) in [5.41, 5.74) is 2.03. The molecule has 0 fully saturated rings. The van der Waals surface area contributed by atoms with E-state index >= 15 is 0 Å².